The molecule has 0 spiro atoms. The number of sulfonamides is 1. The van der Waals surface area contributed by atoms with Crippen LogP contribution in [0.4, 0.5) is 40.9 Å². The largest absolute Gasteiger partial charge is 0.346 e. The Balaban J connectivity index is 1.55. The van der Waals surface area contributed by atoms with Gasteiger partial charge in [-0.2, -0.15) is 19.0 Å². The van der Waals surface area contributed by atoms with Crippen LogP contribution in [-0.4, -0.2) is 90.3 Å². The van der Waals surface area contributed by atoms with Crippen LogP contribution in [0, 0.1) is 23.5 Å². The van der Waals surface area contributed by atoms with Gasteiger partial charge in [-0.3, -0.25) is 19.2 Å². The SMILES string of the molecule is C=NN(CC(=O)N[C@@H](Cc1cc(F)cc(F)c1)c1nc(C#CC(C)(C)S(=O)(=O)C2CC2)ccc1-c1ccc(Cl)c2c(NS(C)(=O)=O)nn(C)c12)C1=C(CC(F)F)C(F)(F)CCC1(F)F. The third-order valence-corrected chi connectivity index (χ3v) is 14.3. The number of sulfone groups is 1. The van der Waals surface area contributed by atoms with E-state index in [1.54, 1.807) is 0 Å². The molecule has 23 heteroatoms. The Bertz CT molecular complexity index is 2840. The molecule has 0 radical (unpaired) electrons. The van der Waals surface area contributed by atoms with Gasteiger partial charge in [0.1, 0.15) is 34.3 Å². The van der Waals surface area contributed by atoms with E-state index >= 15 is 17.6 Å². The van der Waals surface area contributed by atoms with Crippen molar-refractivity contribution in [2.75, 3.05) is 17.5 Å². The standard InChI is InChI=1S/C41H40ClF8N7O5S2/c1-39(2,64(61,62)26-7-8-26)13-12-25-6-9-27(28-10-11-30(42)34-36(28)56(4)54-38(34)55-63(5,59)60)35(52-25)31(18-22-16-23(43)19-24(44)17-22)53-33(58)21-57(51-3)37-29(20-32(45)46)40(47,48)14-15-41(37,49)50/h6,9-11,16-17,19,26,31-32H,3,7-8,14-15,18,20-21H2,1-2,4-5H3,(H,53,58)(H,54,55)/t31-/m0/s1. The highest BCUT2D eigenvalue weighted by molar-refractivity contribution is 7.93. The van der Waals surface area contributed by atoms with Crippen LogP contribution in [-0.2, 0) is 38.1 Å². The molecule has 1 saturated carbocycles. The number of amides is 1. The van der Waals surface area contributed by atoms with Crippen LogP contribution in [0.25, 0.3) is 22.0 Å². The summed E-state index contributed by atoms with van der Waals surface area (Å²) in [6.07, 6.45) is -6.92. The number of fused-ring (bicyclic) bond motifs is 1. The van der Waals surface area contributed by atoms with Crippen molar-refractivity contribution in [2.45, 2.75) is 86.7 Å². The number of nitrogens with zero attached hydrogens (tertiary/aromatic N) is 5. The second-order valence-corrected chi connectivity index (χ2v) is 20.9. The Hall–Kier alpha value is -5.27. The maximum Gasteiger partial charge on any atom is 0.289 e. The molecular weight excluding hydrogens is 922 g/mol. The van der Waals surface area contributed by atoms with Gasteiger partial charge in [0.25, 0.3) is 11.8 Å². The minimum absolute atomic E-state index is 0.0387. The Morgan fingerprint density at radius 1 is 1.02 bits per heavy atom. The van der Waals surface area contributed by atoms with Crippen molar-refractivity contribution < 1.29 is 56.8 Å². The van der Waals surface area contributed by atoms with Crippen LogP contribution >= 0.6 is 11.6 Å². The first kappa shape index (κ1) is 48.2. The summed E-state index contributed by atoms with van der Waals surface area (Å²) in [5, 5.41) is 9.81. The van der Waals surface area contributed by atoms with Gasteiger partial charge in [0.15, 0.2) is 15.7 Å². The fourth-order valence-electron chi connectivity index (χ4n) is 7.44. The highest BCUT2D eigenvalue weighted by Gasteiger charge is 2.54. The van der Waals surface area contributed by atoms with E-state index in [0.717, 1.165) is 18.4 Å². The first-order chi connectivity index (χ1) is 29.6. The molecular formula is C41H40ClF8N7O5S2. The number of carbonyl (C=O) groups is 1. The zero-order valence-electron chi connectivity index (χ0n) is 34.4. The third-order valence-electron chi connectivity index (χ3n) is 10.5. The molecule has 2 aromatic heterocycles. The molecule has 1 atom stereocenters. The maximum atomic E-state index is 15.5. The number of hydrogen-bond donors (Lipinski definition) is 2. The molecule has 0 aliphatic heterocycles. The van der Waals surface area contributed by atoms with Crippen LogP contribution in [0.5, 0.6) is 0 Å². The smallest absolute Gasteiger partial charge is 0.289 e. The van der Waals surface area contributed by atoms with Gasteiger partial charge in [-0.15, -0.1) is 0 Å². The lowest BCUT2D eigenvalue weighted by Crippen LogP contribution is -2.45. The van der Waals surface area contributed by atoms with Gasteiger partial charge in [0.2, 0.25) is 22.4 Å². The maximum absolute atomic E-state index is 15.5. The van der Waals surface area contributed by atoms with Crippen LogP contribution in [0.15, 0.2) is 58.8 Å². The van der Waals surface area contributed by atoms with E-state index in [1.807, 2.05) is 0 Å². The summed E-state index contributed by atoms with van der Waals surface area (Å²) in [4.78, 5) is 18.8. The molecule has 0 unspecified atom stereocenters. The van der Waals surface area contributed by atoms with Gasteiger partial charge in [0, 0.05) is 55.8 Å². The number of carbonyl (C=O) groups excluding carboxylic acids is 1. The highest BCUT2D eigenvalue weighted by atomic mass is 35.5. The zero-order valence-corrected chi connectivity index (χ0v) is 36.8. The third kappa shape index (κ3) is 10.3. The molecule has 2 aliphatic carbocycles. The van der Waals surface area contributed by atoms with Crippen molar-refractivity contribution in [3.63, 3.8) is 0 Å². The second kappa shape index (κ2) is 17.6. The molecule has 12 nitrogen and oxygen atoms in total. The van der Waals surface area contributed by atoms with Crippen molar-refractivity contribution >= 4 is 60.8 Å². The number of hydrogen-bond acceptors (Lipinski definition) is 9. The molecule has 1 amide bonds. The van der Waals surface area contributed by atoms with E-state index in [4.69, 9.17) is 11.6 Å². The topological polar surface area (TPSA) is 156 Å². The summed E-state index contributed by atoms with van der Waals surface area (Å²) in [6, 6.07) is 6.59. The molecule has 344 valence electrons. The molecule has 6 rings (SSSR count). The summed E-state index contributed by atoms with van der Waals surface area (Å²) in [5.41, 5.74) is -3.08. The number of alkyl halides is 6. The number of aryl methyl sites for hydroxylation is 1. The Morgan fingerprint density at radius 3 is 2.23 bits per heavy atom. The minimum Gasteiger partial charge on any atom is -0.346 e. The normalized spacial score (nSPS) is 16.9. The van der Waals surface area contributed by atoms with Crippen molar-refractivity contribution in [3.05, 3.63) is 87.3 Å². The van der Waals surface area contributed by atoms with Gasteiger partial charge in [-0.05, 0) is 74.9 Å². The predicted octanol–water partition coefficient (Wildman–Crippen LogP) is 7.94. The minimum atomic E-state index is -4.16. The molecule has 4 aromatic rings. The molecule has 0 bridgehead atoms. The summed E-state index contributed by atoms with van der Waals surface area (Å²) in [5.74, 6) is -6.31. The summed E-state index contributed by atoms with van der Waals surface area (Å²) >= 11 is 6.58. The average molecular weight is 962 g/mol. The van der Waals surface area contributed by atoms with Gasteiger partial charge < -0.3 is 5.32 Å². The van der Waals surface area contributed by atoms with E-state index in [2.05, 4.69) is 43.8 Å². The van der Waals surface area contributed by atoms with Crippen LogP contribution in [0.1, 0.15) is 68.9 Å². The number of aromatic nitrogens is 3. The van der Waals surface area contributed by atoms with Crippen LogP contribution < -0.4 is 10.0 Å². The molecule has 1 fully saturated rings. The van der Waals surface area contributed by atoms with Crippen molar-refractivity contribution in [1.29, 1.82) is 0 Å². The first-order valence-corrected chi connectivity index (χ1v) is 23.1. The lowest BCUT2D eigenvalue weighted by atomic mass is 9.87. The number of anilines is 1. The van der Waals surface area contributed by atoms with Gasteiger partial charge >= 0.3 is 0 Å². The van der Waals surface area contributed by atoms with Crippen LogP contribution in [0.2, 0.25) is 5.02 Å². The summed E-state index contributed by atoms with van der Waals surface area (Å²) in [6.45, 7) is 4.64. The molecule has 2 aliphatic rings. The van der Waals surface area contributed by atoms with Crippen molar-refractivity contribution in [2.24, 2.45) is 12.1 Å². The number of rotatable bonds is 15. The zero-order chi connectivity index (χ0) is 47.3. The predicted molar refractivity (Wildman–Crippen MR) is 224 cm³/mol. The molecule has 2 aromatic carbocycles. The first-order valence-electron chi connectivity index (χ1n) is 19.3. The fourth-order valence-corrected chi connectivity index (χ4v) is 9.96. The number of nitrogens with one attached hydrogen (secondary N) is 2. The monoisotopic (exact) mass is 961 g/mol. The van der Waals surface area contributed by atoms with Gasteiger partial charge in [0.05, 0.1) is 39.2 Å². The van der Waals surface area contributed by atoms with Crippen molar-refractivity contribution in [3.8, 4) is 23.0 Å². The fraction of sp³-hybridized carbons (Fsp3) is 0.415. The van der Waals surface area contributed by atoms with E-state index in [1.165, 1.54) is 49.8 Å². The number of allylic oxidation sites excluding steroid dienone is 2. The molecule has 2 heterocycles. The van der Waals surface area contributed by atoms with Crippen LogP contribution in [0.3, 0.4) is 0 Å². The molecule has 2 N–H and O–H groups in total. The Morgan fingerprint density at radius 2 is 1.64 bits per heavy atom. The number of pyridine rings is 1. The number of benzene rings is 2. The van der Waals surface area contributed by atoms with E-state index < -0.39 is 115 Å². The van der Waals surface area contributed by atoms with E-state index in [-0.39, 0.29) is 54.8 Å². The molecule has 0 saturated heterocycles. The number of hydrazone groups is 1. The Kier molecular flexibility index (Phi) is 13.3. The van der Waals surface area contributed by atoms with E-state index in [9.17, 15) is 39.2 Å². The van der Waals surface area contributed by atoms with Crippen molar-refractivity contribution in [1.82, 2.24) is 25.1 Å². The lowest BCUT2D eigenvalue weighted by molar-refractivity contribution is -0.124. The van der Waals surface area contributed by atoms with Gasteiger partial charge in [-0.1, -0.05) is 23.6 Å². The lowest BCUT2D eigenvalue weighted by Gasteiger charge is -2.37. The molecule has 64 heavy (non-hydrogen) atoms. The number of halogens is 9. The quantitative estimate of drug-likeness (QED) is 0.0527. The van der Waals surface area contributed by atoms with Gasteiger partial charge in [-0.25, -0.2) is 48.2 Å². The Labute approximate surface area is 368 Å². The average Bonchev–Trinajstić information content (AvgIpc) is 3.98. The summed E-state index contributed by atoms with van der Waals surface area (Å²) in [7, 11) is -6.19. The van der Waals surface area contributed by atoms with E-state index in [0.29, 0.717) is 18.9 Å². The highest BCUT2D eigenvalue weighted by Crippen LogP contribution is 2.49. The summed E-state index contributed by atoms with van der Waals surface area (Å²) < 4.78 is 171. The second-order valence-electron chi connectivity index (χ2n) is 15.9.